The van der Waals surface area contributed by atoms with E-state index in [4.69, 9.17) is 9.98 Å². The molecule has 26 heavy (non-hydrogen) atoms. The van der Waals surface area contributed by atoms with Crippen molar-refractivity contribution < 1.29 is 4.39 Å². The van der Waals surface area contributed by atoms with E-state index < -0.39 is 0 Å². The monoisotopic (exact) mass is 355 g/mol. The van der Waals surface area contributed by atoms with Gasteiger partial charge in [0, 0.05) is 26.2 Å². The Morgan fingerprint density at radius 3 is 2.19 bits per heavy atom. The Balaban J connectivity index is 1.51. The van der Waals surface area contributed by atoms with Crippen LogP contribution in [0.4, 0.5) is 4.39 Å². The van der Waals surface area contributed by atoms with Gasteiger partial charge in [-0.25, -0.2) is 4.39 Å². The highest BCUT2D eigenvalue weighted by Gasteiger charge is 2.39. The summed E-state index contributed by atoms with van der Waals surface area (Å²) >= 11 is 0. The Labute approximate surface area is 151 Å². The number of benzene rings is 1. The fraction of sp³-hybridized carbons (Fsp3) is 0.500. The predicted octanol–water partition coefficient (Wildman–Crippen LogP) is 1.92. The van der Waals surface area contributed by atoms with Crippen LogP contribution in [0.5, 0.6) is 0 Å². The van der Waals surface area contributed by atoms with Crippen molar-refractivity contribution in [3.8, 4) is 0 Å². The number of hydrazone groups is 1. The molecular weight excluding hydrogens is 333 g/mol. The van der Waals surface area contributed by atoms with Crippen LogP contribution in [0.15, 0.2) is 39.4 Å². The molecule has 0 bridgehead atoms. The molecule has 0 spiro atoms. The molecule has 4 heterocycles. The molecule has 8 heteroatoms. The molecule has 1 atom stereocenters. The van der Waals surface area contributed by atoms with Crippen molar-refractivity contribution in [2.24, 2.45) is 15.1 Å². The van der Waals surface area contributed by atoms with Crippen molar-refractivity contribution >= 4 is 17.9 Å². The Morgan fingerprint density at radius 2 is 1.50 bits per heavy atom. The van der Waals surface area contributed by atoms with E-state index in [1.165, 1.54) is 37.8 Å². The predicted molar refractivity (Wildman–Crippen MR) is 98.0 cm³/mol. The van der Waals surface area contributed by atoms with E-state index in [0.29, 0.717) is 5.96 Å². The average molecular weight is 355 g/mol. The molecule has 1 aromatic rings. The maximum atomic E-state index is 13.3. The molecule has 0 aliphatic carbocycles. The maximum Gasteiger partial charge on any atom is 0.254 e. The van der Waals surface area contributed by atoms with Gasteiger partial charge in [-0.05, 0) is 43.4 Å². The zero-order chi connectivity index (χ0) is 17.5. The van der Waals surface area contributed by atoms with Crippen molar-refractivity contribution in [2.75, 3.05) is 26.2 Å². The first kappa shape index (κ1) is 15.6. The molecule has 1 aromatic carbocycles. The molecule has 1 N–H and O–H groups in total. The lowest BCUT2D eigenvalue weighted by Gasteiger charge is -2.35. The Morgan fingerprint density at radius 1 is 0.846 bits per heavy atom. The van der Waals surface area contributed by atoms with Crippen LogP contribution >= 0.6 is 0 Å². The van der Waals surface area contributed by atoms with Gasteiger partial charge in [0.1, 0.15) is 5.82 Å². The summed E-state index contributed by atoms with van der Waals surface area (Å²) < 4.78 is 13.3. The molecule has 0 saturated carbocycles. The highest BCUT2D eigenvalue weighted by atomic mass is 19.1. The maximum absolute atomic E-state index is 13.3. The van der Waals surface area contributed by atoms with E-state index in [0.717, 1.165) is 43.7 Å². The van der Waals surface area contributed by atoms with Crippen LogP contribution in [0, 0.1) is 5.82 Å². The number of guanidine groups is 3. The van der Waals surface area contributed by atoms with E-state index in [-0.39, 0.29) is 12.0 Å². The van der Waals surface area contributed by atoms with Crippen molar-refractivity contribution in [1.29, 1.82) is 0 Å². The average Bonchev–Trinajstić information content (AvgIpc) is 3.41. The third kappa shape index (κ3) is 2.60. The lowest BCUT2D eigenvalue weighted by atomic mass is 10.1. The fourth-order valence-electron chi connectivity index (χ4n) is 3.95. The first-order valence-corrected chi connectivity index (χ1v) is 9.35. The largest absolute Gasteiger partial charge is 0.342 e. The molecule has 7 nitrogen and oxygen atoms in total. The van der Waals surface area contributed by atoms with E-state index in [1.54, 1.807) is 12.1 Å². The molecular formula is C18H22FN7. The van der Waals surface area contributed by atoms with Gasteiger partial charge in [0.2, 0.25) is 11.9 Å². The number of nitrogens with one attached hydrogen (secondary N) is 1. The Kier molecular flexibility index (Phi) is 3.76. The molecule has 1 unspecified atom stereocenters. The molecule has 0 amide bonds. The van der Waals surface area contributed by atoms with Gasteiger partial charge in [-0.2, -0.15) is 9.98 Å². The number of aliphatic imine (C=N–C) groups is 2. The molecule has 2 saturated heterocycles. The van der Waals surface area contributed by atoms with Crippen LogP contribution in [0.3, 0.4) is 0 Å². The second kappa shape index (κ2) is 6.26. The zero-order valence-corrected chi connectivity index (χ0v) is 14.6. The van der Waals surface area contributed by atoms with Gasteiger partial charge in [0.15, 0.2) is 6.17 Å². The van der Waals surface area contributed by atoms with Gasteiger partial charge in [-0.15, -0.1) is 5.10 Å². The molecule has 2 fully saturated rings. The van der Waals surface area contributed by atoms with Crippen LogP contribution in [0.2, 0.25) is 0 Å². The SMILES string of the molecule is Fc1ccc(C2NN=C3N=C(N4CCCC4)N=C(N4CCCC4)N32)cc1. The third-order valence-corrected chi connectivity index (χ3v) is 5.34. The minimum Gasteiger partial charge on any atom is -0.342 e. The number of likely N-dealkylation sites (tertiary alicyclic amines) is 2. The number of hydrogen-bond acceptors (Lipinski definition) is 7. The van der Waals surface area contributed by atoms with E-state index in [9.17, 15) is 4.39 Å². The normalized spacial score (nSPS) is 25.0. The molecule has 136 valence electrons. The minimum absolute atomic E-state index is 0.214. The summed E-state index contributed by atoms with van der Waals surface area (Å²) in [7, 11) is 0. The van der Waals surface area contributed by atoms with Crippen molar-refractivity contribution in [3.05, 3.63) is 35.6 Å². The quantitative estimate of drug-likeness (QED) is 0.836. The molecule has 5 rings (SSSR count). The standard InChI is InChI=1S/C18H22FN7/c19-14-7-5-13(6-8-14)15-22-23-17-20-16(24-9-1-2-10-24)21-18(26(15)17)25-11-3-4-12-25/h5-8,15,22H,1-4,9-12H2. The van der Waals surface area contributed by atoms with Crippen molar-refractivity contribution in [1.82, 2.24) is 20.1 Å². The van der Waals surface area contributed by atoms with Crippen molar-refractivity contribution in [3.63, 3.8) is 0 Å². The third-order valence-electron chi connectivity index (χ3n) is 5.34. The first-order chi connectivity index (χ1) is 12.8. The molecule has 0 radical (unpaired) electrons. The first-order valence-electron chi connectivity index (χ1n) is 9.35. The van der Waals surface area contributed by atoms with Crippen LogP contribution in [0.1, 0.15) is 37.4 Å². The van der Waals surface area contributed by atoms with Gasteiger partial charge >= 0.3 is 0 Å². The van der Waals surface area contributed by atoms with Crippen molar-refractivity contribution in [2.45, 2.75) is 31.8 Å². The van der Waals surface area contributed by atoms with E-state index >= 15 is 0 Å². The summed E-state index contributed by atoms with van der Waals surface area (Å²) in [5.74, 6) is 2.06. The van der Waals surface area contributed by atoms with E-state index in [2.05, 4.69) is 20.3 Å². The lowest BCUT2D eigenvalue weighted by molar-refractivity contribution is 0.356. The fourth-order valence-corrected chi connectivity index (χ4v) is 3.95. The molecule has 4 aliphatic rings. The second-order valence-corrected chi connectivity index (χ2v) is 7.08. The van der Waals surface area contributed by atoms with E-state index in [1.807, 2.05) is 4.90 Å². The minimum atomic E-state index is -0.241. The summed E-state index contributed by atoms with van der Waals surface area (Å²) in [5, 5.41) is 4.46. The van der Waals surface area contributed by atoms with Crippen LogP contribution in [-0.2, 0) is 0 Å². The summed E-state index contributed by atoms with van der Waals surface area (Å²) in [5.41, 5.74) is 4.10. The van der Waals surface area contributed by atoms with Crippen LogP contribution in [0.25, 0.3) is 0 Å². The Bertz CT molecular complexity index is 773. The smallest absolute Gasteiger partial charge is 0.254 e. The highest BCUT2D eigenvalue weighted by molar-refractivity contribution is 6.12. The number of hydrogen-bond donors (Lipinski definition) is 1. The lowest BCUT2D eigenvalue weighted by Crippen LogP contribution is -2.50. The summed E-state index contributed by atoms with van der Waals surface area (Å²) in [4.78, 5) is 16.2. The van der Waals surface area contributed by atoms with Gasteiger partial charge < -0.3 is 9.80 Å². The topological polar surface area (TPSA) is 58.8 Å². The van der Waals surface area contributed by atoms with Crippen LogP contribution in [-0.4, -0.2) is 58.8 Å². The number of rotatable bonds is 1. The zero-order valence-electron chi connectivity index (χ0n) is 14.6. The highest BCUT2D eigenvalue weighted by Crippen LogP contribution is 2.29. The second-order valence-electron chi connectivity index (χ2n) is 7.08. The Hall–Kier alpha value is -2.64. The number of fused-ring (bicyclic) bond motifs is 1. The van der Waals surface area contributed by atoms with Crippen LogP contribution < -0.4 is 5.43 Å². The number of nitrogens with zero attached hydrogens (tertiary/aromatic N) is 6. The summed E-state index contributed by atoms with van der Waals surface area (Å²) in [6.45, 7) is 3.98. The molecule has 0 aromatic heterocycles. The molecule has 4 aliphatic heterocycles. The van der Waals surface area contributed by atoms with Gasteiger partial charge in [-0.3, -0.25) is 10.3 Å². The summed E-state index contributed by atoms with van der Waals surface area (Å²) in [6.07, 6.45) is 4.49. The summed E-state index contributed by atoms with van der Waals surface area (Å²) in [6, 6.07) is 6.52. The van der Waals surface area contributed by atoms with Gasteiger partial charge in [0.05, 0.1) is 0 Å². The number of halogens is 1. The van der Waals surface area contributed by atoms with Gasteiger partial charge in [0.25, 0.3) is 5.96 Å². The van der Waals surface area contributed by atoms with Gasteiger partial charge in [-0.1, -0.05) is 12.1 Å².